The topological polar surface area (TPSA) is 75.7 Å². The molecule has 0 bridgehead atoms. The van der Waals surface area contributed by atoms with E-state index in [1.54, 1.807) is 38.2 Å². The third-order valence-corrected chi connectivity index (χ3v) is 4.03. The average Bonchev–Trinajstić information content (AvgIpc) is 2.72. The number of hydrogen-bond acceptors (Lipinski definition) is 4. The summed E-state index contributed by atoms with van der Waals surface area (Å²) in [6.45, 7) is 2.41. The predicted molar refractivity (Wildman–Crippen MR) is 108 cm³/mol. The molecule has 0 aliphatic rings. The first-order valence-corrected chi connectivity index (χ1v) is 9.06. The highest BCUT2D eigenvalue weighted by molar-refractivity contribution is 6.08. The Kier molecular flexibility index (Phi) is 7.96. The molecular formula is C22H24N2O4. The predicted octanol–water partition coefficient (Wildman–Crippen LogP) is 2.74. The molecule has 146 valence electrons. The van der Waals surface area contributed by atoms with Crippen LogP contribution < -0.4 is 10.2 Å². The van der Waals surface area contributed by atoms with Gasteiger partial charge in [-0.15, -0.1) is 0 Å². The summed E-state index contributed by atoms with van der Waals surface area (Å²) >= 11 is 0. The van der Waals surface area contributed by atoms with Crippen LogP contribution in [0.3, 0.4) is 0 Å². The first kappa shape index (κ1) is 20.9. The van der Waals surface area contributed by atoms with Gasteiger partial charge in [0.25, 0.3) is 11.8 Å². The molecule has 1 N–H and O–H groups in total. The van der Waals surface area contributed by atoms with Crippen molar-refractivity contribution in [3.8, 4) is 0 Å². The fourth-order valence-corrected chi connectivity index (χ4v) is 2.58. The van der Waals surface area contributed by atoms with Crippen LogP contribution in [0.2, 0.25) is 0 Å². The van der Waals surface area contributed by atoms with Crippen LogP contribution in [0.5, 0.6) is 0 Å². The molecule has 6 nitrogen and oxygen atoms in total. The van der Waals surface area contributed by atoms with E-state index in [9.17, 15) is 14.4 Å². The van der Waals surface area contributed by atoms with Crippen LogP contribution in [0.4, 0.5) is 5.69 Å². The van der Waals surface area contributed by atoms with Gasteiger partial charge in [-0.2, -0.15) is 0 Å². The SMILES string of the molecule is CCOC(=O)/C=C/C(=O)N(C)c1ccccc1C(=O)NCCc1ccccc1. The van der Waals surface area contributed by atoms with Gasteiger partial charge in [0.2, 0.25) is 0 Å². The Balaban J connectivity index is 2.03. The summed E-state index contributed by atoms with van der Waals surface area (Å²) in [5, 5.41) is 2.88. The fourth-order valence-electron chi connectivity index (χ4n) is 2.58. The number of ether oxygens (including phenoxy) is 1. The van der Waals surface area contributed by atoms with E-state index in [4.69, 9.17) is 4.74 Å². The maximum absolute atomic E-state index is 12.6. The Bertz CT molecular complexity index is 847. The van der Waals surface area contributed by atoms with Crippen molar-refractivity contribution in [2.75, 3.05) is 25.1 Å². The van der Waals surface area contributed by atoms with Gasteiger partial charge in [-0.05, 0) is 31.0 Å². The van der Waals surface area contributed by atoms with Crippen LogP contribution in [0.25, 0.3) is 0 Å². The van der Waals surface area contributed by atoms with Gasteiger partial charge in [-0.3, -0.25) is 9.59 Å². The van der Waals surface area contributed by atoms with E-state index < -0.39 is 11.9 Å². The molecular weight excluding hydrogens is 356 g/mol. The maximum atomic E-state index is 12.6. The highest BCUT2D eigenvalue weighted by Crippen LogP contribution is 2.19. The molecule has 6 heteroatoms. The van der Waals surface area contributed by atoms with Gasteiger partial charge in [-0.25, -0.2) is 4.79 Å². The lowest BCUT2D eigenvalue weighted by Gasteiger charge is -2.19. The van der Waals surface area contributed by atoms with Crippen molar-refractivity contribution in [3.63, 3.8) is 0 Å². The van der Waals surface area contributed by atoms with E-state index in [2.05, 4.69) is 5.32 Å². The molecule has 0 atom stereocenters. The van der Waals surface area contributed by atoms with Gasteiger partial charge < -0.3 is 15.0 Å². The summed E-state index contributed by atoms with van der Waals surface area (Å²) in [5.41, 5.74) is 1.97. The van der Waals surface area contributed by atoms with Gasteiger partial charge >= 0.3 is 5.97 Å². The molecule has 2 aromatic carbocycles. The number of benzene rings is 2. The number of amides is 2. The Hall–Kier alpha value is -3.41. The number of hydrogen-bond donors (Lipinski definition) is 1. The molecule has 0 heterocycles. The lowest BCUT2D eigenvalue weighted by atomic mass is 10.1. The zero-order valence-corrected chi connectivity index (χ0v) is 16.1. The number of rotatable bonds is 8. The van der Waals surface area contributed by atoms with Crippen molar-refractivity contribution in [1.82, 2.24) is 5.32 Å². The Labute approximate surface area is 164 Å². The molecule has 0 saturated carbocycles. The van der Waals surface area contributed by atoms with Crippen molar-refractivity contribution < 1.29 is 19.1 Å². The molecule has 2 amide bonds. The molecule has 2 aromatic rings. The van der Waals surface area contributed by atoms with Gasteiger partial charge in [0.1, 0.15) is 0 Å². The van der Waals surface area contributed by atoms with Crippen LogP contribution in [-0.2, 0) is 20.7 Å². The second-order valence-electron chi connectivity index (χ2n) is 5.99. The summed E-state index contributed by atoms with van der Waals surface area (Å²) in [5.74, 6) is -1.28. The van der Waals surface area contributed by atoms with Crippen LogP contribution >= 0.6 is 0 Å². The standard InChI is InChI=1S/C22H24N2O4/c1-3-28-21(26)14-13-20(25)24(2)19-12-8-7-11-18(19)22(27)23-16-15-17-9-5-4-6-10-17/h4-14H,3,15-16H2,1-2H3,(H,23,27)/b14-13+. The first-order chi connectivity index (χ1) is 13.5. The van der Waals surface area contributed by atoms with Crippen molar-refractivity contribution >= 4 is 23.5 Å². The minimum absolute atomic E-state index is 0.235. The molecule has 2 rings (SSSR count). The zero-order chi connectivity index (χ0) is 20.4. The molecule has 0 aliphatic heterocycles. The Morgan fingerprint density at radius 2 is 1.68 bits per heavy atom. The molecule has 0 unspecified atom stereocenters. The van der Waals surface area contributed by atoms with Crippen LogP contribution in [0.15, 0.2) is 66.7 Å². The lowest BCUT2D eigenvalue weighted by Crippen LogP contribution is -2.30. The largest absolute Gasteiger partial charge is 0.463 e. The lowest BCUT2D eigenvalue weighted by molar-refractivity contribution is -0.137. The van der Waals surface area contributed by atoms with E-state index in [1.165, 1.54) is 4.90 Å². The highest BCUT2D eigenvalue weighted by Gasteiger charge is 2.17. The number of anilines is 1. The molecule has 0 aliphatic carbocycles. The van der Waals surface area contributed by atoms with E-state index >= 15 is 0 Å². The van der Waals surface area contributed by atoms with E-state index in [0.717, 1.165) is 17.7 Å². The number of likely N-dealkylation sites (N-methyl/N-ethyl adjacent to an activating group) is 1. The third-order valence-electron chi connectivity index (χ3n) is 4.03. The maximum Gasteiger partial charge on any atom is 0.330 e. The van der Waals surface area contributed by atoms with Gasteiger partial charge in [0.15, 0.2) is 0 Å². The van der Waals surface area contributed by atoms with Crippen molar-refractivity contribution in [2.24, 2.45) is 0 Å². The van der Waals surface area contributed by atoms with Gasteiger partial charge in [-0.1, -0.05) is 42.5 Å². The number of carbonyl (C=O) groups is 3. The number of nitrogens with zero attached hydrogens (tertiary/aromatic N) is 1. The summed E-state index contributed by atoms with van der Waals surface area (Å²) in [6.07, 6.45) is 2.92. The average molecular weight is 380 g/mol. The van der Waals surface area contributed by atoms with E-state index in [-0.39, 0.29) is 12.5 Å². The highest BCUT2D eigenvalue weighted by atomic mass is 16.5. The summed E-state index contributed by atoms with van der Waals surface area (Å²) in [7, 11) is 1.55. The normalized spacial score (nSPS) is 10.5. The van der Waals surface area contributed by atoms with Crippen molar-refractivity contribution in [3.05, 3.63) is 77.9 Å². The Morgan fingerprint density at radius 3 is 2.39 bits per heavy atom. The third kappa shape index (κ3) is 6.09. The van der Waals surface area contributed by atoms with Gasteiger partial charge in [0, 0.05) is 25.7 Å². The van der Waals surface area contributed by atoms with Crippen LogP contribution in [0, 0.1) is 0 Å². The van der Waals surface area contributed by atoms with Gasteiger partial charge in [0.05, 0.1) is 17.9 Å². The molecule has 0 spiro atoms. The van der Waals surface area contributed by atoms with Crippen molar-refractivity contribution in [2.45, 2.75) is 13.3 Å². The van der Waals surface area contributed by atoms with E-state index in [0.29, 0.717) is 24.2 Å². The summed E-state index contributed by atoms with van der Waals surface area (Å²) < 4.78 is 4.76. The second kappa shape index (κ2) is 10.7. The second-order valence-corrected chi connectivity index (χ2v) is 5.99. The monoisotopic (exact) mass is 380 g/mol. The quantitative estimate of drug-likeness (QED) is 0.564. The smallest absolute Gasteiger partial charge is 0.330 e. The van der Waals surface area contributed by atoms with Crippen molar-refractivity contribution in [1.29, 1.82) is 0 Å². The molecule has 0 aromatic heterocycles. The summed E-state index contributed by atoms with van der Waals surface area (Å²) in [4.78, 5) is 37.6. The minimum atomic E-state index is -0.587. The molecule has 28 heavy (non-hydrogen) atoms. The molecule has 0 radical (unpaired) electrons. The summed E-state index contributed by atoms with van der Waals surface area (Å²) in [6, 6.07) is 16.7. The van der Waals surface area contributed by atoms with Crippen LogP contribution in [-0.4, -0.2) is 38.0 Å². The molecule has 0 saturated heterocycles. The number of nitrogens with one attached hydrogen (secondary N) is 1. The Morgan fingerprint density at radius 1 is 1.00 bits per heavy atom. The molecule has 0 fully saturated rings. The minimum Gasteiger partial charge on any atom is -0.463 e. The first-order valence-electron chi connectivity index (χ1n) is 9.06. The zero-order valence-electron chi connectivity index (χ0n) is 16.1. The van der Waals surface area contributed by atoms with E-state index in [1.807, 2.05) is 30.3 Å². The fraction of sp³-hybridized carbons (Fsp3) is 0.227. The number of esters is 1. The number of para-hydroxylation sites is 1. The van der Waals surface area contributed by atoms with Crippen LogP contribution in [0.1, 0.15) is 22.8 Å². The number of carbonyl (C=O) groups excluding carboxylic acids is 3.